The zero-order valence-corrected chi connectivity index (χ0v) is 9.35. The second-order valence-electron chi connectivity index (χ2n) is 4.46. The van der Waals surface area contributed by atoms with Crippen LogP contribution in [0.15, 0.2) is 0 Å². The lowest BCUT2D eigenvalue weighted by atomic mass is 9.82. The molecule has 1 heterocycles. The van der Waals surface area contributed by atoms with Gasteiger partial charge in [0.15, 0.2) is 0 Å². The monoisotopic (exact) mass is 200 g/mol. The number of aromatic nitrogens is 4. The van der Waals surface area contributed by atoms with Crippen molar-refractivity contribution in [2.45, 2.75) is 34.2 Å². The maximum Gasteiger partial charge on any atom is 0.238 e. The minimum Gasteiger partial charge on any atom is -0.242 e. The predicted octanol–water partition coefficient (Wildman–Crippen LogP) is 2.02. The second-order valence-corrected chi connectivity index (χ2v) is 4.83. The highest BCUT2D eigenvalue weighted by Crippen LogP contribution is 2.26. The fraction of sp³-hybridized carbons (Fsp3) is 0.875. The van der Waals surface area contributed by atoms with Crippen LogP contribution in [0.4, 0.5) is 0 Å². The number of H-pyrrole nitrogens is 1. The molecule has 0 fully saturated rings. The Morgan fingerprint density at radius 3 is 2.54 bits per heavy atom. The summed E-state index contributed by atoms with van der Waals surface area (Å²) in [6, 6.07) is 0. The second kappa shape index (κ2) is 3.57. The minimum absolute atomic E-state index is 0.278. The Labute approximate surface area is 83.3 Å². The maximum absolute atomic E-state index is 4.98. The molecule has 1 N–H and O–H groups in total. The van der Waals surface area contributed by atoms with E-state index in [0.29, 0.717) is 10.7 Å². The number of hydrogen-bond donors (Lipinski definition) is 1. The van der Waals surface area contributed by atoms with E-state index >= 15 is 0 Å². The molecule has 0 bridgehead atoms. The number of aromatic amines is 1. The first-order valence-corrected chi connectivity index (χ1v) is 4.80. The minimum atomic E-state index is 0.278. The van der Waals surface area contributed by atoms with E-state index in [0.717, 1.165) is 6.54 Å². The molecule has 0 saturated heterocycles. The van der Waals surface area contributed by atoms with Crippen LogP contribution in [0.1, 0.15) is 27.7 Å². The van der Waals surface area contributed by atoms with Crippen molar-refractivity contribution >= 4 is 12.2 Å². The van der Waals surface area contributed by atoms with Crippen molar-refractivity contribution in [1.29, 1.82) is 0 Å². The van der Waals surface area contributed by atoms with Crippen LogP contribution in [0.25, 0.3) is 0 Å². The number of tetrazole rings is 1. The lowest BCUT2D eigenvalue weighted by Crippen LogP contribution is -2.23. The van der Waals surface area contributed by atoms with Crippen molar-refractivity contribution in [1.82, 2.24) is 20.2 Å². The van der Waals surface area contributed by atoms with Crippen LogP contribution in [0, 0.1) is 16.1 Å². The highest BCUT2D eigenvalue weighted by atomic mass is 32.1. The van der Waals surface area contributed by atoms with Crippen LogP contribution < -0.4 is 0 Å². The Balaban J connectivity index is 2.71. The summed E-state index contributed by atoms with van der Waals surface area (Å²) in [4.78, 5) is 0. The SMILES string of the molecule is CC(Cn1[nH]nnc1=S)C(C)(C)C. The summed E-state index contributed by atoms with van der Waals surface area (Å²) in [5, 5.41) is 10.1. The lowest BCUT2D eigenvalue weighted by Gasteiger charge is -2.26. The smallest absolute Gasteiger partial charge is 0.238 e. The fourth-order valence-corrected chi connectivity index (χ4v) is 1.04. The summed E-state index contributed by atoms with van der Waals surface area (Å²) in [6.45, 7) is 9.68. The Morgan fingerprint density at radius 2 is 2.15 bits per heavy atom. The largest absolute Gasteiger partial charge is 0.242 e. The molecule has 0 amide bonds. The van der Waals surface area contributed by atoms with E-state index in [2.05, 4.69) is 43.2 Å². The number of nitrogens with one attached hydrogen (secondary N) is 1. The fourth-order valence-electron chi connectivity index (χ4n) is 0.883. The van der Waals surface area contributed by atoms with Crippen LogP contribution in [0.3, 0.4) is 0 Å². The summed E-state index contributed by atoms with van der Waals surface area (Å²) in [5.41, 5.74) is 0.278. The first-order chi connectivity index (χ1) is 5.91. The Bertz CT molecular complexity index is 319. The van der Waals surface area contributed by atoms with Crippen LogP contribution >= 0.6 is 12.2 Å². The molecule has 0 aliphatic heterocycles. The summed E-state index contributed by atoms with van der Waals surface area (Å²) in [6.07, 6.45) is 0. The van der Waals surface area contributed by atoms with Gasteiger partial charge in [-0.1, -0.05) is 38.0 Å². The molecule has 74 valence electrons. The van der Waals surface area contributed by atoms with Crippen molar-refractivity contribution in [3.8, 4) is 0 Å². The van der Waals surface area contributed by atoms with Crippen molar-refractivity contribution < 1.29 is 0 Å². The van der Waals surface area contributed by atoms with Gasteiger partial charge in [0.25, 0.3) is 0 Å². The molecule has 0 aliphatic carbocycles. The summed E-state index contributed by atoms with van der Waals surface area (Å²) >= 11 is 4.98. The van der Waals surface area contributed by atoms with Gasteiger partial charge in [-0.2, -0.15) is 5.21 Å². The molecule has 1 unspecified atom stereocenters. The van der Waals surface area contributed by atoms with Gasteiger partial charge in [-0.3, -0.25) is 0 Å². The van der Waals surface area contributed by atoms with Crippen LogP contribution in [-0.2, 0) is 6.54 Å². The van der Waals surface area contributed by atoms with Gasteiger partial charge in [-0.15, -0.1) is 0 Å². The van der Waals surface area contributed by atoms with E-state index in [1.165, 1.54) is 0 Å². The van der Waals surface area contributed by atoms with Crippen molar-refractivity contribution in [3.05, 3.63) is 4.77 Å². The van der Waals surface area contributed by atoms with Crippen LogP contribution in [0.2, 0.25) is 0 Å². The van der Waals surface area contributed by atoms with Crippen molar-refractivity contribution in [3.63, 3.8) is 0 Å². The van der Waals surface area contributed by atoms with E-state index in [1.807, 2.05) is 0 Å². The average molecular weight is 200 g/mol. The molecule has 0 aliphatic rings. The molecule has 13 heavy (non-hydrogen) atoms. The molecule has 4 nitrogen and oxygen atoms in total. The van der Waals surface area contributed by atoms with Gasteiger partial charge in [-0.25, -0.2) is 4.68 Å². The van der Waals surface area contributed by atoms with E-state index < -0.39 is 0 Å². The Kier molecular flexibility index (Phi) is 2.85. The molecule has 1 aromatic rings. The third-order valence-corrected chi connectivity index (χ3v) is 2.77. The van der Waals surface area contributed by atoms with E-state index in [-0.39, 0.29) is 5.41 Å². The van der Waals surface area contributed by atoms with Gasteiger partial charge in [-0.05, 0) is 23.6 Å². The number of hydrogen-bond acceptors (Lipinski definition) is 3. The molecule has 0 spiro atoms. The van der Waals surface area contributed by atoms with Crippen molar-refractivity contribution in [2.24, 2.45) is 11.3 Å². The Morgan fingerprint density at radius 1 is 1.54 bits per heavy atom. The third kappa shape index (κ3) is 2.62. The highest BCUT2D eigenvalue weighted by Gasteiger charge is 2.20. The molecule has 0 saturated carbocycles. The first-order valence-electron chi connectivity index (χ1n) is 4.39. The van der Waals surface area contributed by atoms with E-state index in [4.69, 9.17) is 12.2 Å². The van der Waals surface area contributed by atoms with Crippen molar-refractivity contribution in [2.75, 3.05) is 0 Å². The van der Waals surface area contributed by atoms with Gasteiger partial charge in [0, 0.05) is 6.54 Å². The molecule has 0 radical (unpaired) electrons. The van der Waals surface area contributed by atoms with E-state index in [1.54, 1.807) is 4.68 Å². The number of nitrogens with zero attached hydrogens (tertiary/aromatic N) is 3. The normalized spacial score (nSPS) is 14.5. The van der Waals surface area contributed by atoms with Crippen LogP contribution in [-0.4, -0.2) is 20.2 Å². The lowest BCUT2D eigenvalue weighted by molar-refractivity contribution is 0.223. The standard InChI is InChI=1S/C8H16N4S/c1-6(8(2,3)4)5-12-7(13)9-10-11-12/h6H,5H2,1-4H3,(H,9,11,13). The van der Waals surface area contributed by atoms with E-state index in [9.17, 15) is 0 Å². The average Bonchev–Trinajstić information content (AvgIpc) is 2.34. The topological polar surface area (TPSA) is 46.5 Å². The molecule has 0 aromatic carbocycles. The molecular weight excluding hydrogens is 184 g/mol. The molecule has 1 rings (SSSR count). The maximum atomic E-state index is 4.98. The number of rotatable bonds is 2. The summed E-state index contributed by atoms with van der Waals surface area (Å²) < 4.78 is 2.32. The predicted molar refractivity (Wildman–Crippen MR) is 53.8 cm³/mol. The molecule has 1 atom stereocenters. The van der Waals surface area contributed by atoms with Gasteiger partial charge < -0.3 is 0 Å². The summed E-state index contributed by atoms with van der Waals surface area (Å²) in [5.74, 6) is 0.529. The zero-order valence-electron chi connectivity index (χ0n) is 8.53. The molecule has 5 heteroatoms. The highest BCUT2D eigenvalue weighted by molar-refractivity contribution is 7.71. The summed E-state index contributed by atoms with van der Waals surface area (Å²) in [7, 11) is 0. The van der Waals surface area contributed by atoms with Gasteiger partial charge in [0.1, 0.15) is 0 Å². The van der Waals surface area contributed by atoms with Crippen LogP contribution in [0.5, 0.6) is 0 Å². The van der Waals surface area contributed by atoms with Gasteiger partial charge >= 0.3 is 0 Å². The first kappa shape index (κ1) is 10.4. The third-order valence-electron chi connectivity index (χ3n) is 2.47. The molecular formula is C8H16N4S. The van der Waals surface area contributed by atoms with Gasteiger partial charge in [0.2, 0.25) is 4.77 Å². The van der Waals surface area contributed by atoms with Gasteiger partial charge in [0.05, 0.1) is 0 Å². The zero-order chi connectivity index (χ0) is 10.1. The Hall–Kier alpha value is -0.710. The quantitative estimate of drug-likeness (QED) is 0.743. The molecule has 1 aromatic heterocycles.